The van der Waals surface area contributed by atoms with Gasteiger partial charge in [0.2, 0.25) is 11.7 Å². The molecule has 5 heteroatoms. The van der Waals surface area contributed by atoms with Gasteiger partial charge in [0, 0.05) is 11.6 Å². The number of methoxy groups -OCH3 is 1. The lowest BCUT2D eigenvalue weighted by Gasteiger charge is -1.94. The van der Waals surface area contributed by atoms with Crippen molar-refractivity contribution in [2.24, 2.45) is 0 Å². The first-order valence-corrected chi connectivity index (χ1v) is 5.97. The normalized spacial score (nSPS) is 11.2. The highest BCUT2D eigenvalue weighted by atomic mass is 16.5. The first-order valence-electron chi connectivity index (χ1n) is 5.97. The molecule has 0 aliphatic carbocycles. The Hall–Kier alpha value is -2.82. The molecule has 0 atom stereocenters. The maximum absolute atomic E-state index is 11.5. The predicted molar refractivity (Wildman–Crippen MR) is 73.0 cm³/mol. The van der Waals surface area contributed by atoms with E-state index in [1.54, 1.807) is 18.2 Å². The highest BCUT2D eigenvalue weighted by molar-refractivity contribution is 5.91. The minimum Gasteiger partial charge on any atom is -0.463 e. The number of fused-ring (bicyclic) bond motifs is 1. The molecule has 0 bridgehead atoms. The number of oxazole rings is 1. The van der Waals surface area contributed by atoms with Crippen molar-refractivity contribution < 1.29 is 18.4 Å². The third-order valence-electron chi connectivity index (χ3n) is 2.78. The van der Waals surface area contributed by atoms with Crippen molar-refractivity contribution in [3.63, 3.8) is 0 Å². The minimum absolute atomic E-state index is 0.153. The highest BCUT2D eigenvalue weighted by Gasteiger charge is 2.13. The van der Waals surface area contributed by atoms with Crippen molar-refractivity contribution in [2.75, 3.05) is 7.11 Å². The summed E-state index contributed by atoms with van der Waals surface area (Å²) in [6.45, 7) is 0. The van der Waals surface area contributed by atoms with Gasteiger partial charge in [-0.05, 0) is 24.3 Å². The molecule has 0 aliphatic rings. The second kappa shape index (κ2) is 5.05. The van der Waals surface area contributed by atoms with Gasteiger partial charge in [-0.3, -0.25) is 0 Å². The Kier molecular flexibility index (Phi) is 3.09. The molecule has 0 fully saturated rings. The van der Waals surface area contributed by atoms with Gasteiger partial charge in [-0.25, -0.2) is 9.78 Å². The van der Waals surface area contributed by atoms with Crippen molar-refractivity contribution in [3.05, 3.63) is 53.8 Å². The molecule has 0 saturated carbocycles. The summed E-state index contributed by atoms with van der Waals surface area (Å²) in [4.78, 5) is 15.8. The number of nitrogens with zero attached hydrogens (tertiary/aromatic N) is 1. The Bertz CT molecular complexity index is 749. The number of hydrogen-bond donors (Lipinski definition) is 0. The molecule has 0 unspecified atom stereocenters. The molecule has 20 heavy (non-hydrogen) atoms. The lowest BCUT2D eigenvalue weighted by atomic mass is 10.2. The van der Waals surface area contributed by atoms with Crippen molar-refractivity contribution >= 4 is 29.2 Å². The van der Waals surface area contributed by atoms with Crippen LogP contribution in [0.4, 0.5) is 0 Å². The fourth-order valence-corrected chi connectivity index (χ4v) is 1.83. The van der Waals surface area contributed by atoms with Crippen molar-refractivity contribution in [3.8, 4) is 0 Å². The van der Waals surface area contributed by atoms with Gasteiger partial charge in [0.05, 0.1) is 13.4 Å². The second-order valence-corrected chi connectivity index (χ2v) is 4.05. The number of esters is 1. The van der Waals surface area contributed by atoms with Crippen LogP contribution in [-0.2, 0) is 4.74 Å². The van der Waals surface area contributed by atoms with Crippen LogP contribution in [0.2, 0.25) is 0 Å². The third-order valence-corrected chi connectivity index (χ3v) is 2.78. The average Bonchev–Trinajstić information content (AvgIpc) is 3.10. The Balaban J connectivity index is 1.90. The maximum Gasteiger partial charge on any atom is 0.374 e. The molecule has 100 valence electrons. The van der Waals surface area contributed by atoms with Gasteiger partial charge >= 0.3 is 5.97 Å². The van der Waals surface area contributed by atoms with Gasteiger partial charge in [-0.2, -0.15) is 0 Å². The molecule has 1 aromatic carbocycles. The number of ether oxygens (including phenoxy) is 1. The van der Waals surface area contributed by atoms with Crippen LogP contribution >= 0.6 is 0 Å². The number of rotatable bonds is 3. The molecule has 5 nitrogen and oxygen atoms in total. The smallest absolute Gasteiger partial charge is 0.374 e. The van der Waals surface area contributed by atoms with Crippen LogP contribution in [0.25, 0.3) is 23.3 Å². The summed E-state index contributed by atoms with van der Waals surface area (Å²) in [7, 11) is 1.30. The number of carbonyl (C=O) groups is 1. The van der Waals surface area contributed by atoms with Crippen LogP contribution in [-0.4, -0.2) is 18.1 Å². The van der Waals surface area contributed by atoms with E-state index in [1.807, 2.05) is 24.3 Å². The Morgan fingerprint density at radius 1 is 1.25 bits per heavy atom. The number of benzene rings is 1. The molecule has 0 spiro atoms. The summed E-state index contributed by atoms with van der Waals surface area (Å²) < 4.78 is 15.3. The molecule has 2 heterocycles. The molecule has 0 saturated heterocycles. The average molecular weight is 269 g/mol. The first kappa shape index (κ1) is 12.2. The largest absolute Gasteiger partial charge is 0.463 e. The van der Waals surface area contributed by atoms with Crippen molar-refractivity contribution in [2.45, 2.75) is 0 Å². The highest BCUT2D eigenvalue weighted by Crippen LogP contribution is 2.18. The van der Waals surface area contributed by atoms with E-state index in [9.17, 15) is 4.79 Å². The number of carbonyl (C=O) groups excluding carboxylic acids is 1. The van der Waals surface area contributed by atoms with E-state index >= 15 is 0 Å². The van der Waals surface area contributed by atoms with Crippen LogP contribution < -0.4 is 0 Å². The first-order chi connectivity index (χ1) is 9.78. The Morgan fingerprint density at radius 3 is 2.90 bits per heavy atom. The van der Waals surface area contributed by atoms with E-state index in [0.717, 1.165) is 5.52 Å². The van der Waals surface area contributed by atoms with Crippen molar-refractivity contribution in [1.29, 1.82) is 0 Å². The monoisotopic (exact) mass is 269 g/mol. The Morgan fingerprint density at radius 2 is 2.10 bits per heavy atom. The summed E-state index contributed by atoms with van der Waals surface area (Å²) in [5, 5.41) is 0. The predicted octanol–water partition coefficient (Wildman–Crippen LogP) is 3.38. The molecule has 0 N–H and O–H groups in total. The van der Waals surface area contributed by atoms with Crippen LogP contribution in [0.15, 0.2) is 45.4 Å². The van der Waals surface area contributed by atoms with E-state index in [1.165, 1.54) is 13.4 Å². The second-order valence-electron chi connectivity index (χ2n) is 4.05. The lowest BCUT2D eigenvalue weighted by Crippen LogP contribution is -2.00. The topological polar surface area (TPSA) is 65.5 Å². The van der Waals surface area contributed by atoms with Crippen LogP contribution in [0.1, 0.15) is 22.0 Å². The van der Waals surface area contributed by atoms with E-state index in [2.05, 4.69) is 9.72 Å². The maximum atomic E-state index is 11.5. The molecule has 3 rings (SSSR count). The zero-order valence-electron chi connectivity index (χ0n) is 10.7. The van der Waals surface area contributed by atoms with Gasteiger partial charge in [0.1, 0.15) is 5.52 Å². The summed E-state index contributed by atoms with van der Waals surface area (Å²) >= 11 is 0. The molecule has 0 aliphatic heterocycles. The standard InChI is InChI=1S/C15H11NO4/c1-18-15(17)14-10(8-9-19-14)6-7-13-16-11-4-2-3-5-12(11)20-13/h2-9H,1H3. The van der Waals surface area contributed by atoms with Crippen LogP contribution in [0, 0.1) is 0 Å². The third kappa shape index (κ3) is 2.21. The van der Waals surface area contributed by atoms with Gasteiger partial charge in [-0.15, -0.1) is 0 Å². The zero-order chi connectivity index (χ0) is 13.9. The van der Waals surface area contributed by atoms with Crippen LogP contribution in [0.3, 0.4) is 0 Å². The summed E-state index contributed by atoms with van der Waals surface area (Å²) in [5.41, 5.74) is 2.11. The van der Waals surface area contributed by atoms with Gasteiger partial charge < -0.3 is 13.6 Å². The SMILES string of the molecule is COC(=O)c1occc1C=Cc1nc2ccccc2o1. The van der Waals surface area contributed by atoms with E-state index in [-0.39, 0.29) is 5.76 Å². The van der Waals surface area contributed by atoms with Gasteiger partial charge in [0.15, 0.2) is 5.58 Å². The molecular formula is C15H11NO4. The number of aromatic nitrogens is 1. The fourth-order valence-electron chi connectivity index (χ4n) is 1.83. The minimum atomic E-state index is -0.521. The molecule has 3 aromatic rings. The molecule has 0 amide bonds. The summed E-state index contributed by atoms with van der Waals surface area (Å²) in [6.07, 6.45) is 4.80. The quantitative estimate of drug-likeness (QED) is 0.682. The van der Waals surface area contributed by atoms with Crippen LogP contribution in [0.5, 0.6) is 0 Å². The van der Waals surface area contributed by atoms with Gasteiger partial charge in [0.25, 0.3) is 0 Å². The summed E-state index contributed by atoms with van der Waals surface area (Å²) in [6, 6.07) is 9.16. The van der Waals surface area contributed by atoms with E-state index in [0.29, 0.717) is 17.0 Å². The number of furan rings is 1. The molecule has 2 aromatic heterocycles. The number of hydrogen-bond acceptors (Lipinski definition) is 5. The zero-order valence-corrected chi connectivity index (χ0v) is 10.7. The van der Waals surface area contributed by atoms with Crippen molar-refractivity contribution in [1.82, 2.24) is 4.98 Å². The molecule has 0 radical (unpaired) electrons. The van der Waals surface area contributed by atoms with E-state index < -0.39 is 5.97 Å². The molecular weight excluding hydrogens is 258 g/mol. The van der Waals surface area contributed by atoms with Gasteiger partial charge in [-0.1, -0.05) is 12.1 Å². The van der Waals surface area contributed by atoms with E-state index in [4.69, 9.17) is 8.83 Å². The lowest BCUT2D eigenvalue weighted by molar-refractivity contribution is 0.0565. The fraction of sp³-hybridized carbons (Fsp3) is 0.0667. The Labute approximate surface area is 114 Å². The number of para-hydroxylation sites is 2. The summed E-state index contributed by atoms with van der Waals surface area (Å²) in [5.74, 6) is 0.0929.